The second-order valence-corrected chi connectivity index (χ2v) is 2.57. The number of nitrogens with two attached hydrogens (primary N) is 2. The third-order valence-corrected chi connectivity index (χ3v) is 1.54. The molecule has 0 aliphatic rings. The van der Waals surface area contributed by atoms with E-state index in [-0.39, 0.29) is 0 Å². The number of nitrogens with one attached hydrogen (secondary N) is 2. The van der Waals surface area contributed by atoms with Crippen LogP contribution in [0.5, 0.6) is 0 Å². The van der Waals surface area contributed by atoms with Gasteiger partial charge in [0, 0.05) is 20.1 Å². The van der Waals surface area contributed by atoms with Crippen molar-refractivity contribution >= 4 is 0 Å². The fourth-order valence-corrected chi connectivity index (χ4v) is 0.835. The molecule has 0 aromatic heterocycles. The quantitative estimate of drug-likeness (QED) is 0.270. The average molecular weight is 175 g/mol. The maximum atomic E-state index is 5.38. The van der Waals surface area contributed by atoms with Crippen LogP contribution in [0.1, 0.15) is 12.8 Å². The Labute approximate surface area is 74.4 Å². The van der Waals surface area contributed by atoms with E-state index in [0.29, 0.717) is 0 Å². The van der Waals surface area contributed by atoms with Crippen LogP contribution in [0.2, 0.25) is 0 Å². The van der Waals surface area contributed by atoms with Crippen molar-refractivity contribution in [3.8, 4) is 0 Å². The van der Waals surface area contributed by atoms with Crippen LogP contribution < -0.4 is 22.3 Å². The van der Waals surface area contributed by atoms with Gasteiger partial charge in [-0.3, -0.25) is 0 Å². The molecule has 0 aromatic carbocycles. The van der Waals surface area contributed by atoms with Gasteiger partial charge in [0.15, 0.2) is 0 Å². The lowest BCUT2D eigenvalue weighted by Crippen LogP contribution is -2.47. The molecule has 6 N–H and O–H groups in total. The van der Waals surface area contributed by atoms with Gasteiger partial charge in [0.1, 0.15) is 0 Å². The minimum absolute atomic E-state index is 0.719. The first-order valence-electron chi connectivity index (χ1n) is 4.43. The molecule has 0 atom stereocenters. The van der Waals surface area contributed by atoms with Crippen molar-refractivity contribution in [3.63, 3.8) is 0 Å². The zero-order valence-electron chi connectivity index (χ0n) is 7.84. The van der Waals surface area contributed by atoms with Gasteiger partial charge >= 0.3 is 0 Å². The lowest BCUT2D eigenvalue weighted by atomic mass is 10.4. The summed E-state index contributed by atoms with van der Waals surface area (Å²) >= 11 is 0. The largest absolute Gasteiger partial charge is 0.330 e. The molecular weight excluding hydrogens is 154 g/mol. The van der Waals surface area contributed by atoms with Crippen molar-refractivity contribution in [3.05, 3.63) is 0 Å². The molecule has 5 heteroatoms. The maximum absolute atomic E-state index is 5.38. The van der Waals surface area contributed by atoms with Crippen molar-refractivity contribution < 1.29 is 0 Å². The van der Waals surface area contributed by atoms with Gasteiger partial charge in [0.2, 0.25) is 0 Å². The molecule has 0 aliphatic heterocycles. The van der Waals surface area contributed by atoms with Gasteiger partial charge in [0.05, 0.1) is 0 Å². The highest BCUT2D eigenvalue weighted by Crippen LogP contribution is 1.80. The topological polar surface area (TPSA) is 79.3 Å². The van der Waals surface area contributed by atoms with Crippen LogP contribution in [0.15, 0.2) is 0 Å². The van der Waals surface area contributed by atoms with Crippen LogP contribution in [0.3, 0.4) is 0 Å². The smallest absolute Gasteiger partial charge is 0.0300 e. The molecule has 0 aliphatic carbocycles. The van der Waals surface area contributed by atoms with Gasteiger partial charge in [-0.2, -0.15) is 5.12 Å². The molecule has 0 rings (SSSR count). The zero-order chi connectivity index (χ0) is 9.23. The molecule has 0 fully saturated rings. The monoisotopic (exact) mass is 175 g/mol. The molecule has 0 saturated heterocycles. The highest BCUT2D eigenvalue weighted by molar-refractivity contribution is 4.48. The predicted molar refractivity (Wildman–Crippen MR) is 51.1 cm³/mol. The van der Waals surface area contributed by atoms with Gasteiger partial charge in [0.25, 0.3) is 0 Å². The summed E-state index contributed by atoms with van der Waals surface area (Å²) in [4.78, 5) is 0. The summed E-state index contributed by atoms with van der Waals surface area (Å²) in [5.74, 6) is 0. The normalized spacial score (nSPS) is 11.0. The fourth-order valence-electron chi connectivity index (χ4n) is 0.835. The van der Waals surface area contributed by atoms with E-state index < -0.39 is 0 Å². The maximum Gasteiger partial charge on any atom is 0.0300 e. The Morgan fingerprint density at radius 3 is 2.33 bits per heavy atom. The van der Waals surface area contributed by atoms with Crippen LogP contribution in [0, 0.1) is 0 Å². The lowest BCUT2D eigenvalue weighted by molar-refractivity contribution is 0.128. The van der Waals surface area contributed by atoms with Gasteiger partial charge < -0.3 is 11.5 Å². The summed E-state index contributed by atoms with van der Waals surface area (Å²) in [6.45, 7) is 3.26. The third-order valence-electron chi connectivity index (χ3n) is 1.54. The fraction of sp³-hybridized carbons (Fsp3) is 1.00. The van der Waals surface area contributed by atoms with E-state index in [1.165, 1.54) is 0 Å². The molecule has 0 heterocycles. The highest BCUT2D eigenvalue weighted by atomic mass is 15.7. The third kappa shape index (κ3) is 6.51. The van der Waals surface area contributed by atoms with Crippen LogP contribution in [0.4, 0.5) is 0 Å². The molecule has 0 saturated carbocycles. The van der Waals surface area contributed by atoms with E-state index in [2.05, 4.69) is 10.9 Å². The Balaban J connectivity index is 3.26. The summed E-state index contributed by atoms with van der Waals surface area (Å²) in [6, 6.07) is 0. The van der Waals surface area contributed by atoms with E-state index in [1.54, 1.807) is 0 Å². The van der Waals surface area contributed by atoms with Gasteiger partial charge in [-0.1, -0.05) is 0 Å². The van der Waals surface area contributed by atoms with Crippen LogP contribution in [0.25, 0.3) is 0 Å². The summed E-state index contributed by atoms with van der Waals surface area (Å²) in [7, 11) is 1.88. The van der Waals surface area contributed by atoms with Crippen molar-refractivity contribution in [1.29, 1.82) is 0 Å². The number of nitrogens with zero attached hydrogens (tertiary/aromatic N) is 1. The van der Waals surface area contributed by atoms with Crippen molar-refractivity contribution in [2.45, 2.75) is 12.8 Å². The molecule has 5 nitrogen and oxygen atoms in total. The van der Waals surface area contributed by atoms with Gasteiger partial charge in [-0.15, -0.1) is 0 Å². The molecule has 0 amide bonds. The summed E-state index contributed by atoms with van der Waals surface area (Å²) < 4.78 is 0. The molecule has 0 unspecified atom stereocenters. The standard InChI is InChI=1S/C7H21N5/c1-10-12(7-3-5-9)11-6-2-4-8/h10-11H,2-9H2,1H3. The summed E-state index contributed by atoms with van der Waals surface area (Å²) in [6.07, 6.45) is 1.97. The Kier molecular flexibility index (Phi) is 8.74. The van der Waals surface area contributed by atoms with E-state index >= 15 is 0 Å². The molecule has 12 heavy (non-hydrogen) atoms. The van der Waals surface area contributed by atoms with E-state index in [4.69, 9.17) is 11.5 Å². The second kappa shape index (κ2) is 8.89. The van der Waals surface area contributed by atoms with Crippen molar-refractivity contribution in [2.24, 2.45) is 11.5 Å². The summed E-state index contributed by atoms with van der Waals surface area (Å²) in [5, 5.41) is 1.93. The van der Waals surface area contributed by atoms with Gasteiger partial charge in [-0.05, 0) is 25.9 Å². The highest BCUT2D eigenvalue weighted by Gasteiger charge is 1.97. The molecule has 74 valence electrons. The number of hydrogen-bond acceptors (Lipinski definition) is 5. The average Bonchev–Trinajstić information content (AvgIpc) is 2.11. The van der Waals surface area contributed by atoms with Crippen LogP contribution in [-0.4, -0.2) is 38.3 Å². The predicted octanol–water partition coefficient (Wildman–Crippen LogP) is -1.37. The molecule has 0 aromatic rings. The second-order valence-electron chi connectivity index (χ2n) is 2.57. The van der Waals surface area contributed by atoms with E-state index in [0.717, 1.165) is 39.0 Å². The van der Waals surface area contributed by atoms with Crippen molar-refractivity contribution in [2.75, 3.05) is 33.2 Å². The minimum Gasteiger partial charge on any atom is -0.330 e. The SMILES string of the molecule is CNN(CCCN)NCCCN. The Morgan fingerprint density at radius 2 is 1.83 bits per heavy atom. The van der Waals surface area contributed by atoms with Crippen LogP contribution >= 0.6 is 0 Å². The number of hydrazine groups is 2. The van der Waals surface area contributed by atoms with Gasteiger partial charge in [-0.25, -0.2) is 10.9 Å². The molecule has 0 radical (unpaired) electrons. The molecular formula is C7H21N5. The number of rotatable bonds is 8. The summed E-state index contributed by atoms with van der Waals surface area (Å²) in [5.41, 5.74) is 17.0. The van der Waals surface area contributed by atoms with E-state index in [9.17, 15) is 0 Å². The zero-order valence-corrected chi connectivity index (χ0v) is 7.84. The number of hydrogen-bond donors (Lipinski definition) is 4. The van der Waals surface area contributed by atoms with E-state index in [1.807, 2.05) is 12.2 Å². The van der Waals surface area contributed by atoms with Crippen molar-refractivity contribution in [1.82, 2.24) is 16.0 Å². The lowest BCUT2D eigenvalue weighted by Gasteiger charge is -2.21. The minimum atomic E-state index is 0.719. The Hall–Kier alpha value is -0.200. The Bertz CT molecular complexity index is 87.9. The first-order valence-corrected chi connectivity index (χ1v) is 4.43. The molecule has 0 bridgehead atoms. The Morgan fingerprint density at radius 1 is 1.17 bits per heavy atom. The van der Waals surface area contributed by atoms with Crippen LogP contribution in [-0.2, 0) is 0 Å². The first kappa shape index (κ1) is 11.8. The first-order chi connectivity index (χ1) is 5.85. The molecule has 0 spiro atoms.